The number of nitrogens with zero attached hydrogens (tertiary/aromatic N) is 4. The Morgan fingerprint density at radius 3 is 2.73 bits per heavy atom. The quantitative estimate of drug-likeness (QED) is 0.236. The van der Waals surface area contributed by atoms with Crippen LogP contribution in [0.4, 0.5) is 0 Å². The smallest absolute Gasteiger partial charge is 0.191 e. The van der Waals surface area contributed by atoms with E-state index in [1.165, 1.54) is 32.1 Å². The molecule has 0 atom stereocenters. The molecule has 7 heteroatoms. The molecule has 26 heavy (non-hydrogen) atoms. The second-order valence-corrected chi connectivity index (χ2v) is 6.94. The SMILES string of the molecule is CCNC(=NCCCn1cccn1)NCCCN(C)C1CCCCC1.I. The van der Waals surface area contributed by atoms with Crippen LogP contribution in [-0.4, -0.2) is 59.9 Å². The molecule has 0 radical (unpaired) electrons. The van der Waals surface area contributed by atoms with Gasteiger partial charge in [-0.3, -0.25) is 9.67 Å². The molecule has 6 nitrogen and oxygen atoms in total. The third-order valence-corrected chi connectivity index (χ3v) is 4.90. The fourth-order valence-corrected chi connectivity index (χ4v) is 3.44. The van der Waals surface area contributed by atoms with Crippen LogP contribution in [0.3, 0.4) is 0 Å². The summed E-state index contributed by atoms with van der Waals surface area (Å²) in [5, 5.41) is 11.0. The number of rotatable bonds is 10. The van der Waals surface area contributed by atoms with Crippen LogP contribution in [0, 0.1) is 0 Å². The van der Waals surface area contributed by atoms with Crippen molar-refractivity contribution in [3.8, 4) is 0 Å². The highest BCUT2D eigenvalue weighted by atomic mass is 127. The van der Waals surface area contributed by atoms with Gasteiger partial charge in [0.15, 0.2) is 5.96 Å². The molecule has 1 heterocycles. The van der Waals surface area contributed by atoms with Gasteiger partial charge in [-0.05, 0) is 52.3 Å². The molecule has 2 N–H and O–H groups in total. The molecule has 0 amide bonds. The highest BCUT2D eigenvalue weighted by molar-refractivity contribution is 14.0. The standard InChI is InChI=1S/C19H36N6.HI/c1-3-20-19(22-13-8-16-25-17-9-14-23-25)21-12-7-15-24(2)18-10-5-4-6-11-18;/h9,14,17-18H,3-8,10-13,15-16H2,1-2H3,(H2,20,21,22);1H. The topological polar surface area (TPSA) is 57.5 Å². The zero-order valence-corrected chi connectivity index (χ0v) is 18.8. The largest absolute Gasteiger partial charge is 0.357 e. The van der Waals surface area contributed by atoms with E-state index in [4.69, 9.17) is 0 Å². The van der Waals surface area contributed by atoms with E-state index in [1.54, 1.807) is 0 Å². The van der Waals surface area contributed by atoms with Crippen LogP contribution in [-0.2, 0) is 6.54 Å². The monoisotopic (exact) mass is 476 g/mol. The molecule has 1 aliphatic rings. The Labute approximate surface area is 176 Å². The maximum atomic E-state index is 4.66. The Bertz CT molecular complexity index is 470. The van der Waals surface area contributed by atoms with Crippen LogP contribution in [0.1, 0.15) is 51.9 Å². The number of hydrogen-bond donors (Lipinski definition) is 2. The van der Waals surface area contributed by atoms with Crippen LogP contribution in [0.2, 0.25) is 0 Å². The predicted molar refractivity (Wildman–Crippen MR) is 120 cm³/mol. The molecule has 1 aromatic rings. The molecule has 0 aliphatic heterocycles. The molecule has 1 aliphatic carbocycles. The van der Waals surface area contributed by atoms with Crippen molar-refractivity contribution < 1.29 is 0 Å². The van der Waals surface area contributed by atoms with E-state index in [1.807, 2.05) is 23.1 Å². The van der Waals surface area contributed by atoms with Gasteiger partial charge >= 0.3 is 0 Å². The van der Waals surface area contributed by atoms with Crippen molar-refractivity contribution in [3.05, 3.63) is 18.5 Å². The lowest BCUT2D eigenvalue weighted by molar-refractivity contribution is 0.190. The number of guanidine groups is 1. The maximum absolute atomic E-state index is 4.66. The van der Waals surface area contributed by atoms with Gasteiger partial charge in [-0.25, -0.2) is 0 Å². The minimum atomic E-state index is 0. The van der Waals surface area contributed by atoms with Gasteiger partial charge in [0.05, 0.1) is 0 Å². The molecule has 0 saturated heterocycles. The summed E-state index contributed by atoms with van der Waals surface area (Å²) >= 11 is 0. The van der Waals surface area contributed by atoms with Crippen molar-refractivity contribution in [3.63, 3.8) is 0 Å². The summed E-state index contributed by atoms with van der Waals surface area (Å²) in [6.07, 6.45) is 13.0. The van der Waals surface area contributed by atoms with Gasteiger partial charge in [-0.15, -0.1) is 24.0 Å². The lowest BCUT2D eigenvalue weighted by Gasteiger charge is -2.31. The predicted octanol–water partition coefficient (Wildman–Crippen LogP) is 3.10. The molecule has 1 saturated carbocycles. The van der Waals surface area contributed by atoms with Crippen LogP contribution >= 0.6 is 24.0 Å². The van der Waals surface area contributed by atoms with Crippen molar-refractivity contribution in [1.29, 1.82) is 0 Å². The van der Waals surface area contributed by atoms with E-state index >= 15 is 0 Å². The minimum absolute atomic E-state index is 0. The summed E-state index contributed by atoms with van der Waals surface area (Å²) in [4.78, 5) is 7.21. The first-order chi connectivity index (χ1) is 12.3. The van der Waals surface area contributed by atoms with Gasteiger partial charge in [0, 0.05) is 44.6 Å². The number of nitrogens with one attached hydrogen (secondary N) is 2. The van der Waals surface area contributed by atoms with Gasteiger partial charge in [-0.1, -0.05) is 19.3 Å². The lowest BCUT2D eigenvalue weighted by atomic mass is 9.94. The first kappa shape index (κ1) is 23.2. The first-order valence-electron chi connectivity index (χ1n) is 9.99. The van der Waals surface area contributed by atoms with Crippen LogP contribution in [0.25, 0.3) is 0 Å². The first-order valence-corrected chi connectivity index (χ1v) is 9.99. The summed E-state index contributed by atoms with van der Waals surface area (Å²) in [7, 11) is 2.28. The average molecular weight is 476 g/mol. The maximum Gasteiger partial charge on any atom is 0.191 e. The van der Waals surface area contributed by atoms with Gasteiger partial charge in [-0.2, -0.15) is 5.10 Å². The Morgan fingerprint density at radius 2 is 2.04 bits per heavy atom. The van der Waals surface area contributed by atoms with Crippen molar-refractivity contribution in [2.75, 3.05) is 33.2 Å². The van der Waals surface area contributed by atoms with E-state index in [0.717, 1.165) is 57.6 Å². The minimum Gasteiger partial charge on any atom is -0.357 e. The van der Waals surface area contributed by atoms with Crippen LogP contribution in [0.5, 0.6) is 0 Å². The van der Waals surface area contributed by atoms with E-state index in [2.05, 4.69) is 39.6 Å². The second kappa shape index (κ2) is 14.3. The number of halogens is 1. The van der Waals surface area contributed by atoms with Crippen molar-refractivity contribution in [2.24, 2.45) is 4.99 Å². The molecule has 150 valence electrons. The normalized spacial score (nSPS) is 15.7. The van der Waals surface area contributed by atoms with E-state index in [-0.39, 0.29) is 24.0 Å². The van der Waals surface area contributed by atoms with E-state index < -0.39 is 0 Å². The number of aryl methyl sites for hydroxylation is 1. The fraction of sp³-hybridized carbons (Fsp3) is 0.789. The molecule has 1 aromatic heterocycles. The Morgan fingerprint density at radius 1 is 1.23 bits per heavy atom. The summed E-state index contributed by atoms with van der Waals surface area (Å²) in [6.45, 7) is 6.88. The lowest BCUT2D eigenvalue weighted by Crippen LogP contribution is -2.40. The molecule has 0 bridgehead atoms. The van der Waals surface area contributed by atoms with Gasteiger partial charge in [0.1, 0.15) is 0 Å². The molecule has 2 rings (SSSR count). The Kier molecular flexibility index (Phi) is 12.7. The highest BCUT2D eigenvalue weighted by Gasteiger charge is 2.17. The summed E-state index contributed by atoms with van der Waals surface area (Å²) in [6, 6.07) is 2.76. The summed E-state index contributed by atoms with van der Waals surface area (Å²) < 4.78 is 1.96. The van der Waals surface area contributed by atoms with Crippen LogP contribution in [0.15, 0.2) is 23.5 Å². The van der Waals surface area contributed by atoms with Crippen molar-refractivity contribution in [1.82, 2.24) is 25.3 Å². The van der Waals surface area contributed by atoms with Crippen LogP contribution < -0.4 is 10.6 Å². The zero-order valence-electron chi connectivity index (χ0n) is 16.5. The highest BCUT2D eigenvalue weighted by Crippen LogP contribution is 2.21. The summed E-state index contributed by atoms with van der Waals surface area (Å²) in [5.41, 5.74) is 0. The molecule has 0 aromatic carbocycles. The van der Waals surface area contributed by atoms with Gasteiger partial charge in [0.2, 0.25) is 0 Å². The van der Waals surface area contributed by atoms with Gasteiger partial charge < -0.3 is 15.5 Å². The molecule has 1 fully saturated rings. The fourth-order valence-electron chi connectivity index (χ4n) is 3.44. The van der Waals surface area contributed by atoms with Gasteiger partial charge in [0.25, 0.3) is 0 Å². The summed E-state index contributed by atoms with van der Waals surface area (Å²) in [5.74, 6) is 0.934. The Hall–Kier alpha value is -0.830. The zero-order chi connectivity index (χ0) is 17.7. The van der Waals surface area contributed by atoms with Crippen molar-refractivity contribution in [2.45, 2.75) is 64.5 Å². The number of aliphatic imine (C=N–C) groups is 1. The third kappa shape index (κ3) is 9.21. The molecular formula is C19H37IN6. The number of hydrogen-bond acceptors (Lipinski definition) is 3. The number of aromatic nitrogens is 2. The van der Waals surface area contributed by atoms with E-state index in [0.29, 0.717) is 0 Å². The molecular weight excluding hydrogens is 439 g/mol. The average Bonchev–Trinajstić information content (AvgIpc) is 3.16. The van der Waals surface area contributed by atoms with Crippen molar-refractivity contribution >= 4 is 29.9 Å². The molecule has 0 spiro atoms. The molecule has 0 unspecified atom stereocenters. The third-order valence-electron chi connectivity index (χ3n) is 4.90. The van der Waals surface area contributed by atoms with E-state index in [9.17, 15) is 0 Å². The Balaban J connectivity index is 0.00000338. The second-order valence-electron chi connectivity index (χ2n) is 6.94.